The summed E-state index contributed by atoms with van der Waals surface area (Å²) in [4.78, 5) is 48.9. The molecule has 3 atom stereocenters. The number of hydrogen-bond donors (Lipinski definition) is 0. The van der Waals surface area contributed by atoms with Crippen LogP contribution in [-0.4, -0.2) is 75.0 Å². The minimum Gasteiger partial charge on any atom is -0.744 e. The predicted molar refractivity (Wildman–Crippen MR) is 577 cm³/mol. The molecule has 0 radical (unpaired) electrons. The second-order valence-electron chi connectivity index (χ2n) is 34.7. The molecular weight excluding hydrogens is 1930 g/mol. The zero-order valence-corrected chi connectivity index (χ0v) is 86.4. The Morgan fingerprint density at radius 1 is 0.359 bits per heavy atom. The van der Waals surface area contributed by atoms with E-state index in [0.29, 0.717) is 40.4 Å². The van der Waals surface area contributed by atoms with Crippen LogP contribution in [0, 0.1) is 6.92 Å². The first-order valence-corrected chi connectivity index (χ1v) is 55.9. The molecule has 24 heteroatoms. The first-order chi connectivity index (χ1) is 70.1. The molecule has 0 saturated heterocycles. The van der Waals surface area contributed by atoms with Crippen LogP contribution in [0.2, 0.25) is 0 Å². The highest BCUT2D eigenvalue weighted by atomic mass is 32.2. The Bertz CT molecular complexity index is 7380. The van der Waals surface area contributed by atoms with Gasteiger partial charge < -0.3 is 37.3 Å². The molecule has 3 unspecified atom stereocenters. The highest BCUT2D eigenvalue weighted by Gasteiger charge is 2.31. The Balaban J connectivity index is 0.000000139. The summed E-state index contributed by atoms with van der Waals surface area (Å²) in [7, 11) is -13.9. The van der Waals surface area contributed by atoms with Crippen molar-refractivity contribution in [3.63, 3.8) is 0 Å². The summed E-state index contributed by atoms with van der Waals surface area (Å²) < 4.78 is 131. The third-order valence-corrected chi connectivity index (χ3v) is 34.3. The fraction of sp³-hybridized carbons (Fsp3) is 0.174. The molecule has 19 rings (SSSR count). The molecule has 1 fully saturated rings. The second-order valence-corrected chi connectivity index (χ2v) is 44.8. The van der Waals surface area contributed by atoms with Crippen LogP contribution in [-0.2, 0) is 61.7 Å². The number of pyridine rings is 1. The minimum absolute atomic E-state index is 0.00734. The fourth-order valence-electron chi connectivity index (χ4n) is 16.6. The highest BCUT2D eigenvalue weighted by Crippen LogP contribution is 2.49. The van der Waals surface area contributed by atoms with Crippen molar-refractivity contribution in [1.29, 1.82) is 0 Å². The van der Waals surface area contributed by atoms with Crippen molar-refractivity contribution in [3.05, 3.63) is 446 Å². The van der Waals surface area contributed by atoms with Gasteiger partial charge in [0.2, 0.25) is 0 Å². The maximum atomic E-state index is 12.2. The average molecular weight is 2050 g/mol. The van der Waals surface area contributed by atoms with Crippen molar-refractivity contribution < 1.29 is 77.0 Å². The van der Waals surface area contributed by atoms with Gasteiger partial charge in [-0.25, -0.2) is 39.6 Å². The molecule has 18 aromatic rings. The maximum absolute atomic E-state index is 12.2. The van der Waals surface area contributed by atoms with Gasteiger partial charge in [-0.05, 0) is 285 Å². The summed E-state index contributed by atoms with van der Waals surface area (Å²) >= 11 is 0. The van der Waals surface area contributed by atoms with E-state index in [1.807, 2.05) is 36.4 Å². The minimum atomic E-state index is -4.69. The van der Waals surface area contributed by atoms with Crippen LogP contribution in [0.4, 0.5) is 0 Å². The molecule has 0 bridgehead atoms. The number of carbonyl (C=O) groups is 3. The number of benzene rings is 16. The van der Waals surface area contributed by atoms with Crippen LogP contribution < -0.4 is 23.7 Å². The number of aryl methyl sites for hydroxylation is 1. The van der Waals surface area contributed by atoms with E-state index in [2.05, 4.69) is 302 Å². The van der Waals surface area contributed by atoms with Gasteiger partial charge in [0, 0.05) is 43.6 Å². The molecule has 18 nitrogen and oxygen atoms in total. The van der Waals surface area contributed by atoms with E-state index >= 15 is 0 Å². The molecule has 145 heavy (non-hydrogen) atoms. The normalized spacial score (nSPS) is 12.6. The molecule has 740 valence electrons. The molecule has 1 aliphatic rings. The van der Waals surface area contributed by atoms with Crippen LogP contribution in [0.15, 0.2) is 457 Å². The van der Waals surface area contributed by atoms with E-state index < -0.39 is 58.1 Å². The van der Waals surface area contributed by atoms with E-state index in [1.54, 1.807) is 42.5 Å². The Morgan fingerprint density at radius 3 is 1.19 bits per heavy atom. The second kappa shape index (κ2) is 51.4. The van der Waals surface area contributed by atoms with Gasteiger partial charge in [-0.1, -0.05) is 273 Å². The number of fused-ring (bicyclic) bond motifs is 5. The molecule has 2 heterocycles. The molecule has 2 aromatic heterocycles. The van der Waals surface area contributed by atoms with Crippen LogP contribution in [0.3, 0.4) is 0 Å². The van der Waals surface area contributed by atoms with E-state index in [4.69, 9.17) is 23.7 Å². The van der Waals surface area contributed by atoms with Crippen molar-refractivity contribution in [2.75, 3.05) is 13.2 Å². The molecule has 16 aromatic carbocycles. The Morgan fingerprint density at radius 2 is 0.745 bits per heavy atom. The van der Waals surface area contributed by atoms with Crippen molar-refractivity contribution in [1.82, 2.24) is 4.98 Å². The fourth-order valence-corrected chi connectivity index (χ4v) is 25.0. The van der Waals surface area contributed by atoms with E-state index in [0.717, 1.165) is 48.9 Å². The van der Waals surface area contributed by atoms with Crippen LogP contribution in [0.1, 0.15) is 155 Å². The summed E-state index contributed by atoms with van der Waals surface area (Å²) in [6.45, 7) is 14.2. The molecular formula is C121H113NO17S6. The number of carbonyl (C=O) groups excluding carboxylic acids is 3. The zero-order valence-electron chi connectivity index (χ0n) is 81.5. The van der Waals surface area contributed by atoms with Gasteiger partial charge in [-0.2, -0.15) is 0 Å². The van der Waals surface area contributed by atoms with Gasteiger partial charge in [-0.3, -0.25) is 4.98 Å². The highest BCUT2D eigenvalue weighted by molar-refractivity contribution is 7.97. The SMILES string of the molecule is CCC(C)c1ccc(OC(=O)c2cccc(S(=O)(=O)[O-])c2)cc1.CCC(C)c1ccc(OCC(=O)Oc2ccc(S(=O)(=O)[O-])c3cccnc23)cc1.CCC(C)c1ccc(OCC(=O)Oc2cccc3c(S(=O)(=O)[O-])cccc23)cc1.Cc1ccc(-[s+]2c3ccccc3c3ccccc32)cc1.c1ccc([S+](c2ccccc2)c2ccc(C3CCCCC3)cc2)cc1.c1ccc([S+](c2ccccc2)c2ccccc2)cc1. The Labute approximate surface area is 858 Å². The topological polar surface area (TPSA) is 282 Å². The number of nitrogens with zero attached hydrogens (tertiary/aromatic N) is 1. The summed E-state index contributed by atoms with van der Waals surface area (Å²) in [6.07, 6.45) is 11.4. The van der Waals surface area contributed by atoms with Gasteiger partial charge >= 0.3 is 17.9 Å². The van der Waals surface area contributed by atoms with Crippen molar-refractivity contribution in [3.8, 4) is 33.6 Å². The number of hydrogen-bond acceptors (Lipinski definition) is 18. The van der Waals surface area contributed by atoms with E-state index in [-0.39, 0.29) is 83.7 Å². The summed E-state index contributed by atoms with van der Waals surface area (Å²) in [5, 5.41) is 3.44. The number of esters is 3. The monoisotopic (exact) mass is 2040 g/mol. The van der Waals surface area contributed by atoms with E-state index in [9.17, 15) is 53.3 Å². The predicted octanol–water partition coefficient (Wildman–Crippen LogP) is 28.9. The number of rotatable bonds is 27. The Hall–Kier alpha value is -14.2. The summed E-state index contributed by atoms with van der Waals surface area (Å²) in [5.41, 5.74) is 6.50. The van der Waals surface area contributed by atoms with Crippen molar-refractivity contribution >= 4 is 122 Å². The standard InChI is InChI=1S/C24H25S.C22H22O6S.C21H21NO6S.C19H15S.C18H15S.C17H18O5S/c1-4-10-20(11-5-1)21-16-18-24(19-17-21)25(22-12-6-2-7-13-22)23-14-8-3-9-15-23;1-3-15(2)16-10-12-17(13-11-16)27-14-22(23)28-20-8-4-7-19-18(20)6-5-9-21(19)29(24,25)26;1-3-14(2)15-6-8-16(9-7-15)27-13-20(23)28-18-10-11-19(29(24,25)26)17-5-4-12-22-21(17)18;1-14-10-12-15(13-11-14)20-18-8-4-2-6-16(18)17-7-3-5-9-19(17)20;1-4-10-16(11-5-1)19(17-12-6-2-7-13-17)18-14-8-3-9-15-18;1-3-12(2)13-7-9-15(10-8-13)22-17(18)14-5-4-6-16(11-14)23(19,20)21/h2-3,6-9,12-20H,1,4-5,10-11H2;4-13,15H,3,14H2,1-2H3,(H,24,25,26);4-12,14H,3,13H2,1-2H3,(H,24,25,26);2-13H,1H3;1-15H;4-12H,3H2,1-2H3,(H,19,20,21)/q+1;;;2*+1;/p-3. The third kappa shape index (κ3) is 29.1. The lowest BCUT2D eigenvalue weighted by Gasteiger charge is -2.22. The molecule has 1 saturated carbocycles. The largest absolute Gasteiger partial charge is 0.744 e. The summed E-state index contributed by atoms with van der Waals surface area (Å²) in [5.74, 6) is 1.69. The maximum Gasteiger partial charge on any atom is 0.349 e. The lowest BCUT2D eigenvalue weighted by molar-refractivity contribution is -0.137. The Kier molecular flexibility index (Phi) is 37.8. The average Bonchev–Trinajstić information content (AvgIpc) is 1.58. The van der Waals surface area contributed by atoms with Crippen LogP contribution >= 0.6 is 10.5 Å². The molecule has 0 aliphatic heterocycles. The smallest absolute Gasteiger partial charge is 0.349 e. The first-order valence-electron chi connectivity index (χ1n) is 48.0. The molecule has 1 aliphatic carbocycles. The summed E-state index contributed by atoms with van der Waals surface area (Å²) in [6, 6.07) is 131. The van der Waals surface area contributed by atoms with Crippen molar-refractivity contribution in [2.24, 2.45) is 0 Å². The first kappa shape index (κ1) is 107. The van der Waals surface area contributed by atoms with Gasteiger partial charge in [0.1, 0.15) is 58.9 Å². The number of aromatic nitrogens is 1. The lowest BCUT2D eigenvalue weighted by atomic mass is 9.84. The molecule has 0 N–H and O–H groups in total. The third-order valence-electron chi connectivity index (χ3n) is 24.8. The van der Waals surface area contributed by atoms with Gasteiger partial charge in [0.25, 0.3) is 0 Å². The van der Waals surface area contributed by atoms with Crippen LogP contribution in [0.25, 0.3) is 46.7 Å². The van der Waals surface area contributed by atoms with Gasteiger partial charge in [0.05, 0.1) is 42.0 Å². The van der Waals surface area contributed by atoms with E-state index in [1.165, 1.54) is 176 Å². The van der Waals surface area contributed by atoms with Gasteiger partial charge in [0.15, 0.2) is 62.6 Å². The number of thiophene rings is 1. The quantitative estimate of drug-likeness (QED) is 0.0200. The zero-order chi connectivity index (χ0) is 102. The molecule has 0 spiro atoms. The number of ether oxygens (including phenoxy) is 5. The van der Waals surface area contributed by atoms with Crippen LogP contribution in [0.5, 0.6) is 28.7 Å². The van der Waals surface area contributed by atoms with Crippen molar-refractivity contribution in [2.45, 2.75) is 168 Å². The van der Waals surface area contributed by atoms with Gasteiger partial charge in [-0.15, -0.1) is 0 Å². The lowest BCUT2D eigenvalue weighted by Crippen LogP contribution is -2.18. The molecule has 0 amide bonds.